The number of carbonyl (C=O) groups excluding carboxylic acids is 1. The number of carbonyl (C=O) groups is 1. The highest BCUT2D eigenvalue weighted by Gasteiger charge is 2.06. The van der Waals surface area contributed by atoms with Gasteiger partial charge in [0.05, 0.1) is 4.90 Å². The Morgan fingerprint density at radius 3 is 2.45 bits per heavy atom. The predicted octanol–water partition coefficient (Wildman–Crippen LogP) is 0.483. The first-order valence-electron chi connectivity index (χ1n) is 6.48. The van der Waals surface area contributed by atoms with Crippen molar-refractivity contribution in [2.24, 2.45) is 10.9 Å². The number of benzene rings is 1. The molecule has 1 aromatic heterocycles. The van der Waals surface area contributed by atoms with Crippen LogP contribution in [0.3, 0.4) is 0 Å². The Morgan fingerprint density at radius 1 is 1.18 bits per heavy atom. The minimum Gasteiger partial charge on any atom is -0.385 e. The van der Waals surface area contributed by atoms with E-state index in [1.165, 1.54) is 18.3 Å². The van der Waals surface area contributed by atoms with Gasteiger partial charge in [0.1, 0.15) is 5.69 Å². The average Bonchev–Trinajstić information content (AvgIpc) is 2.47. The first kappa shape index (κ1) is 15.9. The van der Waals surface area contributed by atoms with Gasteiger partial charge in [-0.15, -0.1) is 0 Å². The molecule has 22 heavy (non-hydrogen) atoms. The molecule has 1 heterocycles. The highest BCUT2D eigenvalue weighted by Crippen LogP contribution is 2.11. The normalized spacial score (nSPS) is 11.1. The average molecular weight is 320 g/mol. The van der Waals surface area contributed by atoms with Crippen LogP contribution in [0.1, 0.15) is 16.1 Å². The smallest absolute Gasteiger partial charge is 0.267 e. The monoisotopic (exact) mass is 320 g/mol. The maximum absolute atomic E-state index is 11.2. The van der Waals surface area contributed by atoms with Crippen LogP contribution in [0, 0.1) is 0 Å². The summed E-state index contributed by atoms with van der Waals surface area (Å²) in [5.74, 6) is -0.581. The molecule has 0 aliphatic carbocycles. The summed E-state index contributed by atoms with van der Waals surface area (Å²) in [4.78, 5) is 15.0. The molecule has 0 bridgehead atoms. The van der Waals surface area contributed by atoms with E-state index in [9.17, 15) is 13.2 Å². The molecule has 0 saturated heterocycles. The van der Waals surface area contributed by atoms with Gasteiger partial charge in [-0.3, -0.25) is 9.78 Å². The number of primary amides is 1. The van der Waals surface area contributed by atoms with Crippen molar-refractivity contribution in [2.45, 2.75) is 11.3 Å². The zero-order valence-corrected chi connectivity index (χ0v) is 12.5. The predicted molar refractivity (Wildman–Crippen MR) is 82.8 cm³/mol. The summed E-state index contributed by atoms with van der Waals surface area (Å²) in [6.07, 6.45) is 2.18. The number of nitrogens with one attached hydrogen (secondary N) is 1. The van der Waals surface area contributed by atoms with Crippen LogP contribution in [-0.2, 0) is 16.4 Å². The fourth-order valence-electron chi connectivity index (χ4n) is 1.87. The number of aromatic nitrogens is 1. The Balaban J connectivity index is 1.94. The van der Waals surface area contributed by atoms with Crippen molar-refractivity contribution < 1.29 is 13.2 Å². The molecule has 7 nitrogen and oxygen atoms in total. The summed E-state index contributed by atoms with van der Waals surface area (Å²) >= 11 is 0. The Hall–Kier alpha value is -2.45. The van der Waals surface area contributed by atoms with Crippen molar-refractivity contribution in [2.75, 3.05) is 11.9 Å². The third kappa shape index (κ3) is 4.27. The second-order valence-electron chi connectivity index (χ2n) is 4.66. The molecule has 2 rings (SSSR count). The lowest BCUT2D eigenvalue weighted by molar-refractivity contribution is 0.0995. The van der Waals surface area contributed by atoms with Crippen LogP contribution in [0.2, 0.25) is 0 Å². The molecule has 0 saturated carbocycles. The number of primary sulfonamides is 1. The number of hydrogen-bond acceptors (Lipinski definition) is 5. The van der Waals surface area contributed by atoms with Gasteiger partial charge in [0.25, 0.3) is 5.91 Å². The molecule has 0 atom stereocenters. The molecular weight excluding hydrogens is 304 g/mol. The first-order valence-corrected chi connectivity index (χ1v) is 8.02. The summed E-state index contributed by atoms with van der Waals surface area (Å²) < 4.78 is 22.3. The van der Waals surface area contributed by atoms with Gasteiger partial charge in [-0.1, -0.05) is 12.1 Å². The molecule has 0 fully saturated rings. The molecule has 5 N–H and O–H groups in total. The molecule has 0 spiro atoms. The number of amides is 1. The van der Waals surface area contributed by atoms with Crippen LogP contribution in [0.15, 0.2) is 47.5 Å². The Labute approximate surface area is 128 Å². The van der Waals surface area contributed by atoms with Gasteiger partial charge in [0, 0.05) is 18.4 Å². The zero-order chi connectivity index (χ0) is 16.2. The maximum atomic E-state index is 11.2. The topological polar surface area (TPSA) is 128 Å². The summed E-state index contributed by atoms with van der Waals surface area (Å²) in [6.45, 7) is 0.608. The van der Waals surface area contributed by atoms with Crippen LogP contribution in [-0.4, -0.2) is 25.9 Å². The number of hydrogen-bond donors (Lipinski definition) is 3. The molecule has 1 aromatic carbocycles. The van der Waals surface area contributed by atoms with E-state index < -0.39 is 15.9 Å². The molecule has 1 amide bonds. The van der Waals surface area contributed by atoms with E-state index in [4.69, 9.17) is 10.9 Å². The molecular formula is C14H16N4O3S. The third-order valence-corrected chi connectivity index (χ3v) is 3.94. The first-order chi connectivity index (χ1) is 10.4. The van der Waals surface area contributed by atoms with Gasteiger partial charge in [0.2, 0.25) is 10.0 Å². The van der Waals surface area contributed by atoms with Crippen molar-refractivity contribution in [3.8, 4) is 0 Å². The largest absolute Gasteiger partial charge is 0.385 e. The molecule has 116 valence electrons. The second-order valence-corrected chi connectivity index (χ2v) is 6.22. The number of rotatable bonds is 6. The van der Waals surface area contributed by atoms with Gasteiger partial charge in [-0.25, -0.2) is 13.6 Å². The number of pyridine rings is 1. The lowest BCUT2D eigenvalue weighted by Crippen LogP contribution is -2.14. The van der Waals surface area contributed by atoms with Gasteiger partial charge in [-0.2, -0.15) is 0 Å². The maximum Gasteiger partial charge on any atom is 0.267 e. The third-order valence-electron chi connectivity index (χ3n) is 3.01. The van der Waals surface area contributed by atoms with Crippen LogP contribution < -0.4 is 16.2 Å². The van der Waals surface area contributed by atoms with E-state index >= 15 is 0 Å². The summed E-state index contributed by atoms with van der Waals surface area (Å²) in [5, 5.41) is 8.18. The van der Waals surface area contributed by atoms with Crippen LogP contribution in [0.5, 0.6) is 0 Å². The highest BCUT2D eigenvalue weighted by molar-refractivity contribution is 7.89. The lowest BCUT2D eigenvalue weighted by atomic mass is 10.1. The van der Waals surface area contributed by atoms with Gasteiger partial charge in [0.15, 0.2) is 0 Å². The van der Waals surface area contributed by atoms with Crippen LogP contribution >= 0.6 is 0 Å². The summed E-state index contributed by atoms with van der Waals surface area (Å²) in [5.41, 5.74) is 7.06. The van der Waals surface area contributed by atoms with Crippen molar-refractivity contribution in [3.63, 3.8) is 0 Å². The van der Waals surface area contributed by atoms with E-state index in [1.54, 1.807) is 24.3 Å². The highest BCUT2D eigenvalue weighted by atomic mass is 32.2. The molecule has 0 unspecified atom stereocenters. The van der Waals surface area contributed by atoms with Crippen molar-refractivity contribution in [3.05, 3.63) is 53.9 Å². The Bertz CT molecular complexity index is 773. The molecule has 8 heteroatoms. The van der Waals surface area contributed by atoms with E-state index in [2.05, 4.69) is 10.3 Å². The van der Waals surface area contributed by atoms with Gasteiger partial charge in [-0.05, 0) is 36.2 Å². The van der Waals surface area contributed by atoms with E-state index in [0.29, 0.717) is 13.0 Å². The molecule has 0 radical (unpaired) electrons. The Morgan fingerprint density at radius 2 is 1.86 bits per heavy atom. The molecule has 0 aliphatic rings. The van der Waals surface area contributed by atoms with E-state index in [-0.39, 0.29) is 10.6 Å². The van der Waals surface area contributed by atoms with Crippen molar-refractivity contribution >= 4 is 21.6 Å². The van der Waals surface area contributed by atoms with E-state index in [1.807, 2.05) is 0 Å². The van der Waals surface area contributed by atoms with Crippen molar-refractivity contribution in [1.82, 2.24) is 4.98 Å². The molecule has 0 aliphatic heterocycles. The summed E-state index contributed by atoms with van der Waals surface area (Å²) in [6, 6.07) is 9.68. The van der Waals surface area contributed by atoms with Crippen LogP contribution in [0.4, 0.5) is 5.69 Å². The number of nitrogens with two attached hydrogens (primary N) is 2. The minimum atomic E-state index is -3.66. The van der Waals surface area contributed by atoms with Gasteiger partial charge < -0.3 is 11.1 Å². The number of nitrogens with zero attached hydrogens (tertiary/aromatic N) is 1. The second kappa shape index (κ2) is 6.54. The van der Waals surface area contributed by atoms with E-state index in [0.717, 1.165) is 11.3 Å². The standard InChI is InChI=1S/C14H16N4O3S/c15-14(19)13-9-11(6-8-18-13)17-7-5-10-1-3-12(4-2-10)22(16,20)21/h1-4,6,8-9H,5,7H2,(H2,15,19)(H,17,18)(H2,16,20,21). The quantitative estimate of drug-likeness (QED) is 0.713. The van der Waals surface area contributed by atoms with Crippen LogP contribution in [0.25, 0.3) is 0 Å². The lowest BCUT2D eigenvalue weighted by Gasteiger charge is -2.07. The minimum absolute atomic E-state index is 0.0874. The fourth-order valence-corrected chi connectivity index (χ4v) is 2.39. The number of sulfonamides is 1. The SMILES string of the molecule is NC(=O)c1cc(NCCc2ccc(S(N)(=O)=O)cc2)ccn1. The van der Waals surface area contributed by atoms with Crippen molar-refractivity contribution in [1.29, 1.82) is 0 Å². The molecule has 2 aromatic rings. The zero-order valence-electron chi connectivity index (χ0n) is 11.7. The fraction of sp³-hybridized carbons (Fsp3) is 0.143. The number of anilines is 1. The van der Waals surface area contributed by atoms with Gasteiger partial charge >= 0.3 is 0 Å². The Kier molecular flexibility index (Phi) is 4.74. The summed E-state index contributed by atoms with van der Waals surface area (Å²) in [7, 11) is -3.66.